The minimum atomic E-state index is -0.598. The van der Waals surface area contributed by atoms with E-state index in [1.807, 2.05) is 32.0 Å². The second-order valence-electron chi connectivity index (χ2n) is 4.91. The Bertz CT molecular complexity index is 593. The van der Waals surface area contributed by atoms with Gasteiger partial charge in [-0.25, -0.2) is 8.78 Å². The van der Waals surface area contributed by atoms with Crippen LogP contribution in [-0.4, -0.2) is 6.61 Å². The van der Waals surface area contributed by atoms with Crippen molar-refractivity contribution in [2.45, 2.75) is 19.9 Å². The summed E-state index contributed by atoms with van der Waals surface area (Å²) >= 11 is 0. The molecule has 20 heavy (non-hydrogen) atoms. The molecule has 1 atom stereocenters. The van der Waals surface area contributed by atoms with Crippen molar-refractivity contribution in [3.05, 3.63) is 64.7 Å². The van der Waals surface area contributed by atoms with E-state index < -0.39 is 17.7 Å². The largest absolute Gasteiger partial charge is 0.488 e. The number of ether oxygens (including phenoxy) is 1. The van der Waals surface area contributed by atoms with Crippen molar-refractivity contribution in [1.82, 2.24) is 0 Å². The lowest BCUT2D eigenvalue weighted by Gasteiger charge is -2.15. The number of hydrogen-bond acceptors (Lipinski definition) is 2. The average molecular weight is 277 g/mol. The molecule has 0 amide bonds. The van der Waals surface area contributed by atoms with Crippen molar-refractivity contribution in [3.63, 3.8) is 0 Å². The van der Waals surface area contributed by atoms with Gasteiger partial charge in [0.15, 0.2) is 11.6 Å². The normalized spacial score (nSPS) is 12.2. The topological polar surface area (TPSA) is 35.2 Å². The number of aryl methyl sites for hydroxylation is 2. The van der Waals surface area contributed by atoms with Gasteiger partial charge in [-0.15, -0.1) is 0 Å². The third kappa shape index (κ3) is 3.54. The number of benzene rings is 2. The Labute approximate surface area is 117 Å². The van der Waals surface area contributed by atoms with Crippen molar-refractivity contribution in [3.8, 4) is 5.75 Å². The van der Waals surface area contributed by atoms with Crippen LogP contribution in [0.25, 0.3) is 0 Å². The molecule has 0 aromatic heterocycles. The predicted molar refractivity (Wildman–Crippen MR) is 74.7 cm³/mol. The molecule has 0 radical (unpaired) electrons. The van der Waals surface area contributed by atoms with Crippen molar-refractivity contribution < 1.29 is 13.5 Å². The molecule has 1 unspecified atom stereocenters. The summed E-state index contributed by atoms with van der Waals surface area (Å²) in [6.45, 7) is 4.05. The van der Waals surface area contributed by atoms with E-state index in [2.05, 4.69) is 0 Å². The molecular formula is C16H17F2NO. The summed E-state index contributed by atoms with van der Waals surface area (Å²) in [6.07, 6.45) is 0. The molecule has 0 saturated heterocycles. The highest BCUT2D eigenvalue weighted by Gasteiger charge is 2.11. The van der Waals surface area contributed by atoms with E-state index >= 15 is 0 Å². The Kier molecular flexibility index (Phi) is 4.35. The van der Waals surface area contributed by atoms with Gasteiger partial charge >= 0.3 is 0 Å². The number of nitrogens with two attached hydrogens (primary N) is 1. The second kappa shape index (κ2) is 6.01. The van der Waals surface area contributed by atoms with Gasteiger partial charge in [0.05, 0.1) is 6.04 Å². The van der Waals surface area contributed by atoms with Crippen LogP contribution < -0.4 is 10.5 Å². The van der Waals surface area contributed by atoms with Crippen LogP contribution in [0, 0.1) is 25.5 Å². The Hall–Kier alpha value is -1.94. The molecule has 2 rings (SSSR count). The van der Waals surface area contributed by atoms with Gasteiger partial charge in [-0.05, 0) is 31.5 Å². The first-order chi connectivity index (χ1) is 9.45. The molecule has 0 fully saturated rings. The summed E-state index contributed by atoms with van der Waals surface area (Å²) in [5.74, 6) is -1.26. The molecule has 0 saturated carbocycles. The van der Waals surface area contributed by atoms with Crippen molar-refractivity contribution >= 4 is 0 Å². The van der Waals surface area contributed by atoms with Gasteiger partial charge in [0.25, 0.3) is 0 Å². The van der Waals surface area contributed by atoms with E-state index in [1.165, 1.54) is 0 Å². The highest BCUT2D eigenvalue weighted by atomic mass is 19.1. The molecule has 0 bridgehead atoms. The fourth-order valence-electron chi connectivity index (χ4n) is 2.09. The van der Waals surface area contributed by atoms with Crippen LogP contribution in [0.15, 0.2) is 36.4 Å². The molecule has 0 aliphatic carbocycles. The van der Waals surface area contributed by atoms with Crippen LogP contribution in [-0.2, 0) is 0 Å². The average Bonchev–Trinajstić information content (AvgIpc) is 2.38. The molecule has 0 aliphatic rings. The lowest BCUT2D eigenvalue weighted by molar-refractivity contribution is 0.276. The van der Waals surface area contributed by atoms with E-state index in [0.29, 0.717) is 0 Å². The quantitative estimate of drug-likeness (QED) is 0.925. The summed E-state index contributed by atoms with van der Waals surface area (Å²) < 4.78 is 31.7. The van der Waals surface area contributed by atoms with Gasteiger partial charge < -0.3 is 10.5 Å². The fourth-order valence-corrected chi connectivity index (χ4v) is 2.09. The molecule has 2 aromatic carbocycles. The fraction of sp³-hybridized carbons (Fsp3) is 0.250. The van der Waals surface area contributed by atoms with E-state index in [4.69, 9.17) is 10.5 Å². The zero-order valence-electron chi connectivity index (χ0n) is 11.5. The molecule has 2 aromatic rings. The summed E-state index contributed by atoms with van der Waals surface area (Å²) in [4.78, 5) is 0. The minimum absolute atomic E-state index is 0.0866. The lowest BCUT2D eigenvalue weighted by atomic mass is 10.0. The maximum absolute atomic E-state index is 13.4. The Morgan fingerprint density at radius 2 is 1.70 bits per heavy atom. The maximum Gasteiger partial charge on any atom is 0.165 e. The van der Waals surface area contributed by atoms with E-state index in [1.54, 1.807) is 0 Å². The lowest BCUT2D eigenvalue weighted by Crippen LogP contribution is -2.19. The van der Waals surface area contributed by atoms with E-state index in [9.17, 15) is 8.78 Å². The third-order valence-corrected chi connectivity index (χ3v) is 2.98. The summed E-state index contributed by atoms with van der Waals surface area (Å²) in [5.41, 5.74) is 9.15. The smallest absolute Gasteiger partial charge is 0.165 e. The Balaban J connectivity index is 2.08. The van der Waals surface area contributed by atoms with Gasteiger partial charge in [0.2, 0.25) is 0 Å². The van der Waals surface area contributed by atoms with Gasteiger partial charge in [0.1, 0.15) is 12.4 Å². The van der Waals surface area contributed by atoms with Crippen LogP contribution in [0.2, 0.25) is 0 Å². The molecule has 0 heterocycles. The first kappa shape index (κ1) is 14.5. The van der Waals surface area contributed by atoms with Crippen LogP contribution in [0.1, 0.15) is 22.7 Å². The summed E-state index contributed by atoms with van der Waals surface area (Å²) in [5, 5.41) is 0. The summed E-state index contributed by atoms with van der Waals surface area (Å²) in [7, 11) is 0. The first-order valence-electron chi connectivity index (χ1n) is 6.37. The minimum Gasteiger partial charge on any atom is -0.488 e. The van der Waals surface area contributed by atoms with E-state index in [-0.39, 0.29) is 12.4 Å². The molecule has 0 aliphatic heterocycles. The monoisotopic (exact) mass is 277 g/mol. The molecule has 106 valence electrons. The highest BCUT2D eigenvalue weighted by Crippen LogP contribution is 2.21. The summed E-state index contributed by atoms with van der Waals surface area (Å²) in [6, 6.07) is 8.67. The Morgan fingerprint density at radius 3 is 2.35 bits per heavy atom. The zero-order valence-corrected chi connectivity index (χ0v) is 11.5. The second-order valence-corrected chi connectivity index (χ2v) is 4.91. The number of halogens is 2. The van der Waals surface area contributed by atoms with Gasteiger partial charge in [0, 0.05) is 6.07 Å². The van der Waals surface area contributed by atoms with Gasteiger partial charge in [-0.1, -0.05) is 29.3 Å². The Morgan fingerprint density at radius 1 is 1.05 bits per heavy atom. The van der Waals surface area contributed by atoms with Crippen LogP contribution in [0.3, 0.4) is 0 Å². The zero-order chi connectivity index (χ0) is 14.7. The molecule has 0 spiro atoms. The molecule has 2 N–H and O–H groups in total. The molecular weight excluding hydrogens is 260 g/mol. The van der Waals surface area contributed by atoms with Crippen molar-refractivity contribution in [1.29, 1.82) is 0 Å². The number of rotatable bonds is 4. The van der Waals surface area contributed by atoms with Gasteiger partial charge in [-0.3, -0.25) is 0 Å². The predicted octanol–water partition coefficient (Wildman–Crippen LogP) is 3.66. The van der Waals surface area contributed by atoms with Crippen LogP contribution in [0.4, 0.5) is 8.78 Å². The molecule has 4 heteroatoms. The van der Waals surface area contributed by atoms with Gasteiger partial charge in [-0.2, -0.15) is 0 Å². The van der Waals surface area contributed by atoms with Crippen LogP contribution in [0.5, 0.6) is 5.75 Å². The number of hydrogen-bond donors (Lipinski definition) is 1. The van der Waals surface area contributed by atoms with Crippen molar-refractivity contribution in [2.75, 3.05) is 6.61 Å². The van der Waals surface area contributed by atoms with Crippen LogP contribution >= 0.6 is 0 Å². The molecule has 2 nitrogen and oxygen atoms in total. The first-order valence-corrected chi connectivity index (χ1v) is 6.37. The SMILES string of the molecule is Cc1cc(C)cc(C(N)COc2cc(F)ccc2F)c1. The van der Waals surface area contributed by atoms with E-state index in [0.717, 1.165) is 34.9 Å². The third-order valence-electron chi connectivity index (χ3n) is 2.98. The maximum atomic E-state index is 13.4. The van der Waals surface area contributed by atoms with Crippen molar-refractivity contribution in [2.24, 2.45) is 5.73 Å². The standard InChI is InChI=1S/C16H17F2NO/c1-10-5-11(2)7-12(6-10)15(19)9-20-16-8-13(17)3-4-14(16)18/h3-8,15H,9,19H2,1-2H3. The highest BCUT2D eigenvalue weighted by molar-refractivity contribution is 5.31.